The van der Waals surface area contributed by atoms with Crippen LogP contribution in [0.2, 0.25) is 0 Å². The summed E-state index contributed by atoms with van der Waals surface area (Å²) < 4.78 is 7.63. The number of benzene rings is 2. The maximum atomic E-state index is 12.3. The van der Waals surface area contributed by atoms with Gasteiger partial charge in [0.15, 0.2) is 5.43 Å². The summed E-state index contributed by atoms with van der Waals surface area (Å²) in [6.07, 6.45) is 13.0. The number of alkyl halides is 1. The van der Waals surface area contributed by atoms with Crippen LogP contribution < -0.4 is 5.43 Å². The molecule has 30 heavy (non-hydrogen) atoms. The van der Waals surface area contributed by atoms with Crippen molar-refractivity contribution in [3.8, 4) is 0 Å². The first-order valence-electron chi connectivity index (χ1n) is 11.3. The zero-order chi connectivity index (χ0) is 21.2. The van der Waals surface area contributed by atoms with Crippen LogP contribution in [-0.2, 0) is 10.6 Å². The average Bonchev–Trinajstić information content (AvgIpc) is 3.30. The number of ether oxygens (including phenoxy) is 1. The molecule has 1 aliphatic rings. The SMILES string of the molecule is CCCCCCCCC1CCCO1.O=c1c2ccccc2sc2ccc(CCl)cc12. The maximum absolute atomic E-state index is 12.3. The Morgan fingerprint density at radius 1 is 1.00 bits per heavy atom. The third kappa shape index (κ3) is 6.54. The highest BCUT2D eigenvalue weighted by Gasteiger charge is 2.14. The van der Waals surface area contributed by atoms with Crippen LogP contribution in [0.5, 0.6) is 0 Å². The van der Waals surface area contributed by atoms with E-state index in [4.69, 9.17) is 16.3 Å². The molecular formula is C26H33ClO2S. The first kappa shape index (κ1) is 23.2. The van der Waals surface area contributed by atoms with Crippen LogP contribution in [0.25, 0.3) is 20.2 Å². The Morgan fingerprint density at radius 2 is 1.77 bits per heavy atom. The van der Waals surface area contributed by atoms with Crippen LogP contribution >= 0.6 is 22.9 Å². The topological polar surface area (TPSA) is 26.3 Å². The largest absolute Gasteiger partial charge is 0.378 e. The molecule has 0 radical (unpaired) electrons. The quantitative estimate of drug-likeness (QED) is 0.199. The second-order valence-electron chi connectivity index (χ2n) is 8.08. The lowest BCUT2D eigenvalue weighted by Crippen LogP contribution is -2.03. The number of rotatable bonds is 8. The molecule has 1 atom stereocenters. The Hall–Kier alpha value is -1.42. The van der Waals surface area contributed by atoms with E-state index in [1.165, 1.54) is 57.8 Å². The van der Waals surface area contributed by atoms with E-state index in [0.29, 0.717) is 12.0 Å². The van der Waals surface area contributed by atoms with E-state index < -0.39 is 0 Å². The molecule has 1 aliphatic heterocycles. The predicted octanol–water partition coefficient (Wildman–Crippen LogP) is 8.07. The molecular weight excluding hydrogens is 412 g/mol. The fourth-order valence-corrected chi connectivity index (χ4v) is 5.18. The number of hydrogen-bond acceptors (Lipinski definition) is 3. The first-order chi connectivity index (χ1) is 14.7. The minimum Gasteiger partial charge on any atom is -0.378 e. The molecule has 162 valence electrons. The van der Waals surface area contributed by atoms with Crippen molar-refractivity contribution >= 4 is 43.1 Å². The minimum atomic E-state index is 0.0984. The molecule has 0 N–H and O–H groups in total. The number of hydrogen-bond donors (Lipinski definition) is 0. The molecule has 4 heteroatoms. The van der Waals surface area contributed by atoms with Crippen molar-refractivity contribution in [2.24, 2.45) is 0 Å². The standard InChI is InChI=1S/C14H9ClOS.C12H24O/c15-8-9-5-6-13-11(7-9)14(16)10-3-1-2-4-12(10)17-13;1-2-3-4-5-6-7-9-12-10-8-11-13-12/h1-7H,8H2;12H,2-11H2,1H3. The molecule has 0 bridgehead atoms. The monoisotopic (exact) mass is 444 g/mol. The van der Waals surface area contributed by atoms with Gasteiger partial charge in [0.25, 0.3) is 0 Å². The van der Waals surface area contributed by atoms with Crippen molar-refractivity contribution in [2.75, 3.05) is 6.61 Å². The summed E-state index contributed by atoms with van der Waals surface area (Å²) >= 11 is 7.44. The summed E-state index contributed by atoms with van der Waals surface area (Å²) in [6, 6.07) is 13.6. The lowest BCUT2D eigenvalue weighted by atomic mass is 10.1. The van der Waals surface area contributed by atoms with Gasteiger partial charge in [-0.15, -0.1) is 22.9 Å². The van der Waals surface area contributed by atoms with Crippen molar-refractivity contribution in [2.45, 2.75) is 76.7 Å². The molecule has 1 unspecified atom stereocenters. The molecule has 1 aromatic heterocycles. The summed E-state index contributed by atoms with van der Waals surface area (Å²) in [4.78, 5) is 12.3. The van der Waals surface area contributed by atoms with E-state index >= 15 is 0 Å². The van der Waals surface area contributed by atoms with Crippen LogP contribution in [0.15, 0.2) is 47.3 Å². The third-order valence-electron chi connectivity index (χ3n) is 5.70. The first-order valence-corrected chi connectivity index (χ1v) is 12.7. The summed E-state index contributed by atoms with van der Waals surface area (Å²) in [7, 11) is 0. The molecule has 3 aromatic rings. The van der Waals surface area contributed by atoms with E-state index in [0.717, 1.165) is 32.3 Å². The number of unbranched alkanes of at least 4 members (excludes halogenated alkanes) is 5. The molecule has 0 spiro atoms. The van der Waals surface area contributed by atoms with Gasteiger partial charge < -0.3 is 4.74 Å². The van der Waals surface area contributed by atoms with Crippen molar-refractivity contribution < 1.29 is 4.74 Å². The minimum absolute atomic E-state index is 0.0984. The Bertz CT molecular complexity index is 976. The molecule has 0 amide bonds. The molecule has 2 aromatic carbocycles. The summed E-state index contributed by atoms with van der Waals surface area (Å²) in [5.74, 6) is 0.437. The van der Waals surface area contributed by atoms with Gasteiger partial charge in [0, 0.05) is 32.7 Å². The van der Waals surface area contributed by atoms with Crippen LogP contribution in [0.3, 0.4) is 0 Å². The molecule has 0 saturated carbocycles. The summed E-state index contributed by atoms with van der Waals surface area (Å²) in [5.41, 5.74) is 1.08. The Labute approximate surface area is 189 Å². The van der Waals surface area contributed by atoms with Gasteiger partial charge in [-0.3, -0.25) is 4.79 Å². The lowest BCUT2D eigenvalue weighted by Gasteiger charge is -2.08. The van der Waals surface area contributed by atoms with Gasteiger partial charge in [-0.05, 0) is 49.1 Å². The van der Waals surface area contributed by atoms with Crippen LogP contribution in [0.4, 0.5) is 0 Å². The lowest BCUT2D eigenvalue weighted by molar-refractivity contribution is 0.102. The second kappa shape index (κ2) is 12.4. The van der Waals surface area contributed by atoms with Gasteiger partial charge in [0.05, 0.1) is 6.10 Å². The molecule has 2 nitrogen and oxygen atoms in total. The van der Waals surface area contributed by atoms with E-state index in [-0.39, 0.29) is 5.43 Å². The maximum Gasteiger partial charge on any atom is 0.195 e. The Morgan fingerprint density at radius 3 is 2.53 bits per heavy atom. The van der Waals surface area contributed by atoms with Crippen molar-refractivity contribution in [3.63, 3.8) is 0 Å². The number of fused-ring (bicyclic) bond motifs is 2. The molecule has 1 fully saturated rings. The molecule has 1 saturated heterocycles. The van der Waals surface area contributed by atoms with Gasteiger partial charge in [-0.2, -0.15) is 0 Å². The molecule has 2 heterocycles. The highest BCUT2D eigenvalue weighted by Crippen LogP contribution is 2.25. The van der Waals surface area contributed by atoms with Crippen LogP contribution in [0.1, 0.15) is 70.3 Å². The smallest absolute Gasteiger partial charge is 0.195 e. The van der Waals surface area contributed by atoms with Gasteiger partial charge in [-0.1, -0.05) is 63.6 Å². The van der Waals surface area contributed by atoms with Crippen molar-refractivity contribution in [3.05, 3.63) is 58.3 Å². The molecule has 4 rings (SSSR count). The fraction of sp³-hybridized carbons (Fsp3) is 0.500. The highest BCUT2D eigenvalue weighted by molar-refractivity contribution is 7.24. The van der Waals surface area contributed by atoms with E-state index in [1.807, 2.05) is 42.5 Å². The van der Waals surface area contributed by atoms with Crippen molar-refractivity contribution in [1.82, 2.24) is 0 Å². The predicted molar refractivity (Wildman–Crippen MR) is 132 cm³/mol. The zero-order valence-corrected chi connectivity index (χ0v) is 19.6. The normalized spacial score (nSPS) is 16.0. The highest BCUT2D eigenvalue weighted by atomic mass is 35.5. The Kier molecular flexibility index (Phi) is 9.64. The Balaban J connectivity index is 0.000000178. The van der Waals surface area contributed by atoms with Gasteiger partial charge in [-0.25, -0.2) is 0 Å². The van der Waals surface area contributed by atoms with E-state index in [1.54, 1.807) is 11.3 Å². The molecule has 0 aliphatic carbocycles. The fourth-order valence-electron chi connectivity index (χ4n) is 3.96. The van der Waals surface area contributed by atoms with Crippen LogP contribution in [0, 0.1) is 0 Å². The van der Waals surface area contributed by atoms with E-state index in [2.05, 4.69) is 6.92 Å². The van der Waals surface area contributed by atoms with Crippen molar-refractivity contribution in [1.29, 1.82) is 0 Å². The zero-order valence-electron chi connectivity index (χ0n) is 18.0. The van der Waals surface area contributed by atoms with Gasteiger partial charge in [0.1, 0.15) is 0 Å². The van der Waals surface area contributed by atoms with Crippen LogP contribution in [-0.4, -0.2) is 12.7 Å². The summed E-state index contributed by atoms with van der Waals surface area (Å²) in [5, 5.41) is 1.56. The summed E-state index contributed by atoms with van der Waals surface area (Å²) in [6.45, 7) is 3.28. The third-order valence-corrected chi connectivity index (χ3v) is 7.16. The second-order valence-corrected chi connectivity index (χ2v) is 9.43. The average molecular weight is 445 g/mol. The van der Waals surface area contributed by atoms with Gasteiger partial charge in [0.2, 0.25) is 0 Å². The van der Waals surface area contributed by atoms with E-state index in [9.17, 15) is 4.79 Å². The van der Waals surface area contributed by atoms with Gasteiger partial charge >= 0.3 is 0 Å². The number of halogens is 1.